The molecule has 1 saturated carbocycles. The molecular formula is C28H30F8N6O3. The highest BCUT2D eigenvalue weighted by Gasteiger charge is 2.41. The van der Waals surface area contributed by atoms with Crippen LogP contribution in [0.3, 0.4) is 0 Å². The van der Waals surface area contributed by atoms with Gasteiger partial charge in [0.15, 0.2) is 12.3 Å². The van der Waals surface area contributed by atoms with Gasteiger partial charge in [0.2, 0.25) is 17.7 Å². The first-order chi connectivity index (χ1) is 21.1. The van der Waals surface area contributed by atoms with Crippen LogP contribution in [0.5, 0.6) is 5.88 Å². The Bertz CT molecular complexity index is 1500. The minimum absolute atomic E-state index is 0.0332. The molecule has 2 amide bonds. The van der Waals surface area contributed by atoms with E-state index in [1.165, 1.54) is 12.1 Å². The molecule has 1 aliphatic rings. The highest BCUT2D eigenvalue weighted by atomic mass is 19.4. The number of benzene rings is 1. The first-order valence-corrected chi connectivity index (χ1v) is 14.1. The zero-order valence-corrected chi connectivity index (χ0v) is 23.8. The van der Waals surface area contributed by atoms with E-state index in [2.05, 4.69) is 30.9 Å². The number of anilines is 2. The van der Waals surface area contributed by atoms with E-state index in [1.54, 1.807) is 6.92 Å². The number of H-pyrrole nitrogens is 1. The maximum Gasteiger partial charge on any atom is 0.418 e. The lowest BCUT2D eigenvalue weighted by molar-refractivity contribution is -0.182. The van der Waals surface area contributed by atoms with Gasteiger partial charge >= 0.3 is 12.4 Å². The molecule has 246 valence electrons. The number of hydrogen-bond acceptors (Lipinski definition) is 6. The summed E-state index contributed by atoms with van der Waals surface area (Å²) in [4.78, 5) is 35.7. The number of alkyl halides is 8. The lowest BCUT2D eigenvalue weighted by atomic mass is 9.85. The molecule has 17 heteroatoms. The third-order valence-corrected chi connectivity index (χ3v) is 7.16. The summed E-state index contributed by atoms with van der Waals surface area (Å²) in [6.45, 7) is 0.636. The Labute approximate surface area is 251 Å². The van der Waals surface area contributed by atoms with E-state index in [1.807, 2.05) is 0 Å². The summed E-state index contributed by atoms with van der Waals surface area (Å²) in [5.41, 5.74) is -1.58. The van der Waals surface area contributed by atoms with Crippen molar-refractivity contribution in [3.05, 3.63) is 41.0 Å². The van der Waals surface area contributed by atoms with Crippen LogP contribution in [0.4, 0.5) is 46.8 Å². The number of nitrogens with zero attached hydrogens (tertiary/aromatic N) is 2. The Morgan fingerprint density at radius 2 is 1.76 bits per heavy atom. The van der Waals surface area contributed by atoms with Crippen LogP contribution in [0, 0.1) is 5.92 Å². The normalized spacial score (nSPS) is 17.4. The number of aromatic nitrogens is 3. The molecular weight excluding hydrogens is 620 g/mol. The Morgan fingerprint density at radius 3 is 2.38 bits per heavy atom. The molecule has 1 aliphatic carbocycles. The summed E-state index contributed by atoms with van der Waals surface area (Å²) >= 11 is 0. The van der Waals surface area contributed by atoms with Gasteiger partial charge in [0, 0.05) is 19.0 Å². The third-order valence-electron chi connectivity index (χ3n) is 7.16. The summed E-state index contributed by atoms with van der Waals surface area (Å²) in [7, 11) is 0. The van der Waals surface area contributed by atoms with Gasteiger partial charge in [-0.2, -0.15) is 31.3 Å². The van der Waals surface area contributed by atoms with Gasteiger partial charge in [-0.15, -0.1) is 0 Å². The molecule has 4 rings (SSSR count). The third kappa shape index (κ3) is 8.94. The van der Waals surface area contributed by atoms with E-state index in [4.69, 9.17) is 4.74 Å². The molecule has 2 aromatic heterocycles. The minimum Gasteiger partial charge on any atom is -0.471 e. The zero-order valence-electron chi connectivity index (χ0n) is 23.8. The fourth-order valence-corrected chi connectivity index (χ4v) is 4.92. The fraction of sp³-hybridized carbons (Fsp3) is 0.500. The van der Waals surface area contributed by atoms with Crippen LogP contribution in [0.25, 0.3) is 11.2 Å². The summed E-state index contributed by atoms with van der Waals surface area (Å²) in [6.07, 6.45) is -11.5. The van der Waals surface area contributed by atoms with E-state index in [-0.39, 0.29) is 67.2 Å². The van der Waals surface area contributed by atoms with Crippen LogP contribution < -0.4 is 20.7 Å². The van der Waals surface area contributed by atoms with Gasteiger partial charge in [-0.05, 0) is 55.9 Å². The highest BCUT2D eigenvalue weighted by Crippen LogP contribution is 2.38. The Kier molecular flexibility index (Phi) is 10.4. The van der Waals surface area contributed by atoms with Gasteiger partial charge in [0.1, 0.15) is 11.1 Å². The number of nitrogens with one attached hydrogen (secondary N) is 4. The van der Waals surface area contributed by atoms with Crippen molar-refractivity contribution in [3.8, 4) is 5.88 Å². The molecule has 0 atom stereocenters. The molecule has 1 fully saturated rings. The van der Waals surface area contributed by atoms with E-state index >= 15 is 0 Å². The van der Waals surface area contributed by atoms with Crippen molar-refractivity contribution >= 4 is 34.6 Å². The molecule has 0 saturated heterocycles. The van der Waals surface area contributed by atoms with Gasteiger partial charge in [0.25, 0.3) is 12.3 Å². The van der Waals surface area contributed by atoms with Crippen molar-refractivity contribution in [2.45, 2.75) is 76.8 Å². The van der Waals surface area contributed by atoms with Crippen molar-refractivity contribution in [2.24, 2.45) is 5.92 Å². The van der Waals surface area contributed by atoms with Crippen molar-refractivity contribution in [1.82, 2.24) is 25.6 Å². The number of hydrogen-bond donors (Lipinski definition) is 4. The number of amides is 2. The number of fused-ring (bicyclic) bond motifs is 1. The number of ether oxygens (including phenoxy) is 1. The highest BCUT2D eigenvalue weighted by molar-refractivity contribution is 5.99. The average Bonchev–Trinajstić information content (AvgIpc) is 3.35. The number of aromatic amines is 1. The molecule has 0 spiro atoms. The van der Waals surface area contributed by atoms with Crippen LogP contribution in [-0.2, 0) is 17.5 Å². The van der Waals surface area contributed by atoms with Crippen molar-refractivity contribution in [3.63, 3.8) is 0 Å². The monoisotopic (exact) mass is 650 g/mol. The second kappa shape index (κ2) is 13.9. The smallest absolute Gasteiger partial charge is 0.418 e. The Balaban J connectivity index is 1.59. The summed E-state index contributed by atoms with van der Waals surface area (Å²) < 4.78 is 111. The average molecular weight is 651 g/mol. The van der Waals surface area contributed by atoms with Gasteiger partial charge in [-0.25, -0.2) is 13.8 Å². The second-order valence-electron chi connectivity index (χ2n) is 10.6. The topological polar surface area (TPSA) is 121 Å². The second-order valence-corrected chi connectivity index (χ2v) is 10.6. The fourth-order valence-electron chi connectivity index (χ4n) is 4.92. The molecule has 2 heterocycles. The van der Waals surface area contributed by atoms with Crippen LogP contribution in [0.15, 0.2) is 24.3 Å². The van der Waals surface area contributed by atoms with Crippen LogP contribution in [-0.4, -0.2) is 52.0 Å². The van der Waals surface area contributed by atoms with Crippen molar-refractivity contribution < 1.29 is 49.4 Å². The molecule has 9 nitrogen and oxygen atoms in total. The van der Waals surface area contributed by atoms with Gasteiger partial charge < -0.3 is 25.7 Å². The van der Waals surface area contributed by atoms with Crippen molar-refractivity contribution in [1.29, 1.82) is 0 Å². The first kappa shape index (κ1) is 33.7. The van der Waals surface area contributed by atoms with Crippen LogP contribution in [0.1, 0.15) is 66.9 Å². The summed E-state index contributed by atoms with van der Waals surface area (Å²) in [5.74, 6) is -3.37. The number of halogens is 8. The van der Waals surface area contributed by atoms with Gasteiger partial charge in [-0.1, -0.05) is 13.0 Å². The predicted octanol–water partition coefficient (Wildman–Crippen LogP) is 6.63. The van der Waals surface area contributed by atoms with E-state index in [0.717, 1.165) is 12.1 Å². The Hall–Kier alpha value is -4.18. The number of rotatable bonds is 11. The molecule has 0 radical (unpaired) electrons. The largest absolute Gasteiger partial charge is 0.471 e. The SMILES string of the molecule is CCCC(=O)NCc1ccc(C(F)(F)F)c(Nc2nc3cc(C(=O)N[C@H]4CC[C@H](C(F)(F)F)CC4)c(OCC(F)F)nc3[nH]2)c1. The van der Waals surface area contributed by atoms with E-state index < -0.39 is 60.4 Å². The standard InChI is InChI=1S/C28H30F8N6O3/c1-2-3-22(43)37-12-14-4-9-18(28(34,35)36)19(10-14)39-26-40-20-11-17(25(41-23(20)42-26)45-13-21(29)30)24(44)38-16-7-5-15(6-8-16)27(31,32)33/h4,9-11,15-16,21H,2-3,5-8,12-13H2,1H3,(H,37,43)(H,38,44)(H2,39,40,41,42)/t15-,16-. The lowest BCUT2D eigenvalue weighted by Gasteiger charge is -2.30. The lowest BCUT2D eigenvalue weighted by Crippen LogP contribution is -2.40. The molecule has 3 aromatic rings. The molecule has 45 heavy (non-hydrogen) atoms. The van der Waals surface area contributed by atoms with Crippen molar-refractivity contribution in [2.75, 3.05) is 11.9 Å². The molecule has 1 aromatic carbocycles. The van der Waals surface area contributed by atoms with Crippen LogP contribution in [0.2, 0.25) is 0 Å². The number of carbonyl (C=O) groups is 2. The minimum atomic E-state index is -4.77. The molecule has 0 bridgehead atoms. The maximum absolute atomic E-state index is 13.8. The number of pyridine rings is 1. The summed E-state index contributed by atoms with van der Waals surface area (Å²) in [6, 6.07) is 3.75. The molecule has 0 aliphatic heterocycles. The summed E-state index contributed by atoms with van der Waals surface area (Å²) in [5, 5.41) is 7.73. The van der Waals surface area contributed by atoms with E-state index in [9.17, 15) is 44.7 Å². The quantitative estimate of drug-likeness (QED) is 0.173. The van der Waals surface area contributed by atoms with E-state index in [0.29, 0.717) is 12.0 Å². The molecule has 4 N–H and O–H groups in total. The number of carbonyl (C=O) groups excluding carboxylic acids is 2. The van der Waals surface area contributed by atoms with Crippen LogP contribution >= 0.6 is 0 Å². The first-order valence-electron chi connectivity index (χ1n) is 14.1. The Morgan fingerprint density at radius 1 is 1.04 bits per heavy atom. The predicted molar refractivity (Wildman–Crippen MR) is 146 cm³/mol. The molecule has 0 unspecified atom stereocenters. The zero-order chi connectivity index (χ0) is 32.9. The maximum atomic E-state index is 13.8. The van der Waals surface area contributed by atoms with Gasteiger partial charge in [-0.3, -0.25) is 9.59 Å². The van der Waals surface area contributed by atoms with Gasteiger partial charge in [0.05, 0.1) is 17.2 Å². The number of imidazole rings is 1.